The van der Waals surface area contributed by atoms with Crippen molar-refractivity contribution in [2.24, 2.45) is 0 Å². The number of hydrogen-bond acceptors (Lipinski definition) is 6. The predicted molar refractivity (Wildman–Crippen MR) is 73.5 cm³/mol. The van der Waals surface area contributed by atoms with Gasteiger partial charge in [0.05, 0.1) is 10.5 Å². The molecule has 0 aliphatic rings. The smallest absolute Gasteiger partial charge is 0.335 e. The summed E-state index contributed by atoms with van der Waals surface area (Å²) < 4.78 is 5.44. The zero-order chi connectivity index (χ0) is 15.6. The number of nitro groups is 1. The molecule has 0 atom stereocenters. The van der Waals surface area contributed by atoms with Crippen LogP contribution in [-0.2, 0) is 0 Å². The third-order valence-corrected chi connectivity index (χ3v) is 2.72. The van der Waals surface area contributed by atoms with Crippen LogP contribution in [0.1, 0.15) is 15.9 Å². The number of aromatic carboxylic acids is 1. The molecule has 0 amide bonds. The van der Waals surface area contributed by atoms with Crippen LogP contribution < -0.4 is 10.5 Å². The lowest BCUT2D eigenvalue weighted by Crippen LogP contribution is -2.01. The Kier molecular flexibility index (Phi) is 3.70. The number of benzene rings is 1. The first-order valence-electron chi connectivity index (χ1n) is 5.81. The van der Waals surface area contributed by atoms with Crippen molar-refractivity contribution in [2.75, 3.05) is 5.73 Å². The second-order valence-corrected chi connectivity index (χ2v) is 4.20. The van der Waals surface area contributed by atoms with Gasteiger partial charge in [0.2, 0.25) is 11.7 Å². The van der Waals surface area contributed by atoms with Gasteiger partial charge in [-0.15, -0.1) is 0 Å². The molecule has 0 saturated heterocycles. The minimum atomic E-state index is -1.09. The van der Waals surface area contributed by atoms with Gasteiger partial charge < -0.3 is 15.6 Å². The lowest BCUT2D eigenvalue weighted by atomic mass is 10.1. The zero-order valence-corrected chi connectivity index (χ0v) is 10.9. The topological polar surface area (TPSA) is 129 Å². The van der Waals surface area contributed by atoms with Gasteiger partial charge in [0.15, 0.2) is 0 Å². The molecule has 0 aliphatic carbocycles. The van der Waals surface area contributed by atoms with E-state index in [1.54, 1.807) is 13.0 Å². The van der Waals surface area contributed by atoms with Crippen LogP contribution >= 0.6 is 0 Å². The summed E-state index contributed by atoms with van der Waals surface area (Å²) in [6.07, 6.45) is 0. The van der Waals surface area contributed by atoms with Crippen LogP contribution in [0, 0.1) is 17.0 Å². The molecule has 0 bridgehead atoms. The molecular formula is C13H11N3O5. The van der Waals surface area contributed by atoms with E-state index < -0.39 is 10.9 Å². The van der Waals surface area contributed by atoms with Gasteiger partial charge >= 0.3 is 11.7 Å². The van der Waals surface area contributed by atoms with E-state index in [4.69, 9.17) is 15.6 Å². The molecule has 8 nitrogen and oxygen atoms in total. The van der Waals surface area contributed by atoms with Crippen molar-refractivity contribution in [1.29, 1.82) is 0 Å². The lowest BCUT2D eigenvalue weighted by Gasteiger charge is -2.09. The summed E-state index contributed by atoms with van der Waals surface area (Å²) >= 11 is 0. The van der Waals surface area contributed by atoms with Crippen molar-refractivity contribution in [1.82, 2.24) is 4.98 Å². The number of nitrogens with zero attached hydrogens (tertiary/aromatic N) is 2. The molecule has 0 aliphatic heterocycles. The fraction of sp³-hybridized carbons (Fsp3) is 0.0769. The number of nitrogen functional groups attached to an aromatic ring is 1. The average Bonchev–Trinajstić information content (AvgIpc) is 2.40. The lowest BCUT2D eigenvalue weighted by molar-refractivity contribution is -0.384. The van der Waals surface area contributed by atoms with Crippen LogP contribution in [0.3, 0.4) is 0 Å². The van der Waals surface area contributed by atoms with Gasteiger partial charge in [0, 0.05) is 12.1 Å². The fourth-order valence-corrected chi connectivity index (χ4v) is 1.62. The molecule has 1 aromatic heterocycles. The quantitative estimate of drug-likeness (QED) is 0.652. The fourth-order valence-electron chi connectivity index (χ4n) is 1.62. The maximum Gasteiger partial charge on any atom is 0.335 e. The average molecular weight is 289 g/mol. The Morgan fingerprint density at radius 1 is 1.38 bits per heavy atom. The maximum absolute atomic E-state index is 10.9. The van der Waals surface area contributed by atoms with Crippen molar-refractivity contribution < 1.29 is 19.6 Å². The van der Waals surface area contributed by atoms with Gasteiger partial charge in [-0.2, -0.15) is 4.98 Å². The normalized spacial score (nSPS) is 10.1. The van der Waals surface area contributed by atoms with E-state index in [2.05, 4.69) is 4.98 Å². The molecule has 1 aromatic carbocycles. The summed E-state index contributed by atoms with van der Waals surface area (Å²) in [6.45, 7) is 1.73. The number of carboxylic acids is 1. The molecule has 0 radical (unpaired) electrons. The molecule has 1 heterocycles. The summed E-state index contributed by atoms with van der Waals surface area (Å²) in [5, 5.41) is 19.6. The molecule has 0 unspecified atom stereocenters. The zero-order valence-electron chi connectivity index (χ0n) is 10.9. The highest BCUT2D eigenvalue weighted by Gasteiger charge is 2.15. The summed E-state index contributed by atoms with van der Waals surface area (Å²) in [5.41, 5.74) is 5.90. The number of ether oxygens (including phenoxy) is 1. The van der Waals surface area contributed by atoms with E-state index in [0.29, 0.717) is 5.56 Å². The monoisotopic (exact) mass is 289 g/mol. The van der Waals surface area contributed by atoms with Crippen LogP contribution in [0.5, 0.6) is 11.6 Å². The molecule has 8 heteroatoms. The molecule has 2 aromatic rings. The predicted octanol–water partition coefficient (Wildman–Crippen LogP) is 2.37. The van der Waals surface area contributed by atoms with Crippen LogP contribution in [0.25, 0.3) is 0 Å². The van der Waals surface area contributed by atoms with Gasteiger partial charge in [-0.05, 0) is 24.6 Å². The Morgan fingerprint density at radius 2 is 2.10 bits per heavy atom. The molecule has 108 valence electrons. The van der Waals surface area contributed by atoms with E-state index in [9.17, 15) is 14.9 Å². The SMILES string of the molecule is Cc1ccc(C(=O)O)cc1Oc1ccc([N+](=O)[O-])c(N)n1. The Labute approximate surface area is 119 Å². The first-order chi connectivity index (χ1) is 9.88. The second-order valence-electron chi connectivity index (χ2n) is 4.20. The van der Waals surface area contributed by atoms with Crippen LogP contribution in [0.4, 0.5) is 11.5 Å². The van der Waals surface area contributed by atoms with Gasteiger partial charge in [0.25, 0.3) is 0 Å². The third-order valence-electron chi connectivity index (χ3n) is 2.72. The summed E-state index contributed by atoms with van der Waals surface area (Å²) in [6, 6.07) is 6.85. The molecule has 2 rings (SSSR count). The van der Waals surface area contributed by atoms with Crippen LogP contribution in [0.2, 0.25) is 0 Å². The van der Waals surface area contributed by atoms with Gasteiger partial charge in [0.1, 0.15) is 5.75 Å². The summed E-state index contributed by atoms with van der Waals surface area (Å²) in [5.74, 6) is -1.03. The number of carboxylic acid groups (broad SMARTS) is 1. The van der Waals surface area contributed by atoms with Crippen LogP contribution in [0.15, 0.2) is 30.3 Å². The van der Waals surface area contributed by atoms with E-state index in [-0.39, 0.29) is 28.7 Å². The number of carbonyl (C=O) groups is 1. The van der Waals surface area contributed by atoms with E-state index in [0.717, 1.165) is 0 Å². The number of aryl methyl sites for hydroxylation is 1. The highest BCUT2D eigenvalue weighted by atomic mass is 16.6. The molecule has 0 fully saturated rings. The maximum atomic E-state index is 10.9. The third kappa shape index (κ3) is 3.06. The Bertz CT molecular complexity index is 730. The first-order valence-corrected chi connectivity index (χ1v) is 5.81. The van der Waals surface area contributed by atoms with Gasteiger partial charge in [-0.3, -0.25) is 10.1 Å². The number of anilines is 1. The van der Waals surface area contributed by atoms with Crippen molar-refractivity contribution in [3.05, 3.63) is 51.6 Å². The van der Waals surface area contributed by atoms with Crippen LogP contribution in [-0.4, -0.2) is 21.0 Å². The van der Waals surface area contributed by atoms with E-state index >= 15 is 0 Å². The standard InChI is InChI=1S/C13H11N3O5/c1-7-2-3-8(13(17)18)6-10(7)21-11-5-4-9(16(19)20)12(14)15-11/h2-6H,1H3,(H2,14,15)(H,17,18). The number of pyridine rings is 1. The Balaban J connectivity index is 2.34. The van der Waals surface area contributed by atoms with Crippen molar-refractivity contribution in [3.63, 3.8) is 0 Å². The largest absolute Gasteiger partial charge is 0.478 e. The summed E-state index contributed by atoms with van der Waals surface area (Å²) in [7, 11) is 0. The summed E-state index contributed by atoms with van der Waals surface area (Å²) in [4.78, 5) is 24.7. The highest BCUT2D eigenvalue weighted by molar-refractivity contribution is 5.88. The molecular weight excluding hydrogens is 278 g/mol. The highest BCUT2D eigenvalue weighted by Crippen LogP contribution is 2.28. The molecule has 0 saturated carbocycles. The van der Waals surface area contributed by atoms with Crippen molar-refractivity contribution >= 4 is 17.5 Å². The minimum absolute atomic E-state index is 0.0451. The van der Waals surface area contributed by atoms with E-state index in [1.165, 1.54) is 24.3 Å². The molecule has 21 heavy (non-hydrogen) atoms. The number of rotatable bonds is 4. The van der Waals surface area contributed by atoms with E-state index in [1.807, 2.05) is 0 Å². The number of aromatic nitrogens is 1. The number of hydrogen-bond donors (Lipinski definition) is 2. The number of nitrogens with two attached hydrogens (primary N) is 1. The van der Waals surface area contributed by atoms with Gasteiger partial charge in [-0.25, -0.2) is 4.79 Å². The molecule has 3 N–H and O–H groups in total. The Hall–Kier alpha value is -3.16. The second kappa shape index (κ2) is 5.45. The van der Waals surface area contributed by atoms with Crippen molar-refractivity contribution in [3.8, 4) is 11.6 Å². The first kappa shape index (κ1) is 14.3. The van der Waals surface area contributed by atoms with Gasteiger partial charge in [-0.1, -0.05) is 6.07 Å². The Morgan fingerprint density at radius 3 is 2.67 bits per heavy atom. The van der Waals surface area contributed by atoms with Crippen molar-refractivity contribution in [2.45, 2.75) is 6.92 Å². The minimum Gasteiger partial charge on any atom is -0.478 e. The molecule has 0 spiro atoms.